The number of ether oxygens (including phenoxy) is 3. The van der Waals surface area contributed by atoms with Crippen molar-refractivity contribution in [2.75, 3.05) is 13.2 Å². The molecule has 372 valence electrons. The van der Waals surface area contributed by atoms with E-state index in [-0.39, 0.29) is 44.0 Å². The van der Waals surface area contributed by atoms with Gasteiger partial charge >= 0.3 is 17.9 Å². The van der Waals surface area contributed by atoms with Gasteiger partial charge in [0, 0.05) is 19.3 Å². The molecular formula is C59H100O6. The van der Waals surface area contributed by atoms with Crippen molar-refractivity contribution in [3.8, 4) is 0 Å². The summed E-state index contributed by atoms with van der Waals surface area (Å²) in [7, 11) is 0. The Hall–Kier alpha value is -3.41. The number of carbonyl (C=O) groups is 3. The van der Waals surface area contributed by atoms with E-state index in [2.05, 4.69) is 99.8 Å². The molecule has 0 fully saturated rings. The molecule has 0 aliphatic heterocycles. The van der Waals surface area contributed by atoms with E-state index in [0.29, 0.717) is 12.8 Å². The summed E-state index contributed by atoms with van der Waals surface area (Å²) in [6, 6.07) is 0. The molecule has 0 aromatic carbocycles. The van der Waals surface area contributed by atoms with Gasteiger partial charge in [-0.1, -0.05) is 215 Å². The van der Waals surface area contributed by atoms with Gasteiger partial charge in [0.2, 0.25) is 0 Å². The van der Waals surface area contributed by atoms with E-state index >= 15 is 0 Å². The number of allylic oxidation sites excluding steroid dienone is 14. The molecule has 0 bridgehead atoms. The minimum absolute atomic E-state index is 0.111. The quantitative estimate of drug-likeness (QED) is 0.0262. The summed E-state index contributed by atoms with van der Waals surface area (Å²) >= 11 is 0. The molecule has 0 N–H and O–H groups in total. The van der Waals surface area contributed by atoms with E-state index in [1.165, 1.54) is 109 Å². The fourth-order valence-corrected chi connectivity index (χ4v) is 7.30. The standard InChI is InChI=1S/C59H100O6/c1-4-7-10-13-16-19-22-25-27-29-30-32-34-37-40-43-46-49-52-58(61)64-55-56(54-63-57(60)51-48-45-42-39-36-33-24-21-18-15-12-9-6-3)65-59(62)53-50-47-44-41-38-35-31-28-26-23-20-17-14-11-8-5-2/h8,11,17,20,26,28,30,32-33,35-36,38,42,45,56H,4-7,9-10,12-16,18-19,21-25,27,29,31,34,37,39-41,43-44,46-55H2,1-3H3/b11-8+,20-17+,28-26+,32-30+,36-33+,38-35+,45-42+. The smallest absolute Gasteiger partial charge is 0.306 e. The lowest BCUT2D eigenvalue weighted by atomic mass is 10.1. The maximum absolute atomic E-state index is 12.8. The number of carbonyl (C=O) groups excluding carboxylic acids is 3. The van der Waals surface area contributed by atoms with Crippen molar-refractivity contribution in [3.05, 3.63) is 85.1 Å². The maximum Gasteiger partial charge on any atom is 0.306 e. The van der Waals surface area contributed by atoms with E-state index in [0.717, 1.165) is 96.3 Å². The topological polar surface area (TPSA) is 78.9 Å². The van der Waals surface area contributed by atoms with Crippen LogP contribution in [0.15, 0.2) is 85.1 Å². The maximum atomic E-state index is 12.8. The summed E-state index contributed by atoms with van der Waals surface area (Å²) in [6.07, 6.45) is 68.7. The third-order valence-electron chi connectivity index (χ3n) is 11.4. The molecule has 0 spiro atoms. The average molecular weight is 905 g/mol. The Bertz CT molecular complexity index is 1270. The predicted molar refractivity (Wildman–Crippen MR) is 279 cm³/mol. The zero-order valence-corrected chi connectivity index (χ0v) is 42.5. The van der Waals surface area contributed by atoms with Crippen LogP contribution in [0.3, 0.4) is 0 Å². The van der Waals surface area contributed by atoms with E-state index in [1.54, 1.807) is 0 Å². The van der Waals surface area contributed by atoms with Gasteiger partial charge in [-0.3, -0.25) is 14.4 Å². The van der Waals surface area contributed by atoms with Crippen LogP contribution in [0.25, 0.3) is 0 Å². The molecule has 0 radical (unpaired) electrons. The van der Waals surface area contributed by atoms with Crippen LogP contribution < -0.4 is 0 Å². The molecule has 65 heavy (non-hydrogen) atoms. The molecule has 6 heteroatoms. The number of hydrogen-bond acceptors (Lipinski definition) is 6. The molecule has 1 unspecified atom stereocenters. The molecule has 0 aromatic rings. The van der Waals surface area contributed by atoms with Gasteiger partial charge in [0.1, 0.15) is 13.2 Å². The van der Waals surface area contributed by atoms with Crippen LogP contribution in [0.5, 0.6) is 0 Å². The number of rotatable bonds is 48. The van der Waals surface area contributed by atoms with Crippen molar-refractivity contribution in [2.45, 2.75) is 258 Å². The Labute approximate surface area is 401 Å². The van der Waals surface area contributed by atoms with Crippen LogP contribution in [0.2, 0.25) is 0 Å². The average Bonchev–Trinajstić information content (AvgIpc) is 3.30. The summed E-state index contributed by atoms with van der Waals surface area (Å²) in [6.45, 7) is 6.43. The highest BCUT2D eigenvalue weighted by molar-refractivity contribution is 5.71. The first-order chi connectivity index (χ1) is 32.0. The number of hydrogen-bond donors (Lipinski definition) is 0. The lowest BCUT2D eigenvalue weighted by Crippen LogP contribution is -2.30. The summed E-state index contributed by atoms with van der Waals surface area (Å²) in [5.41, 5.74) is 0. The van der Waals surface area contributed by atoms with Gasteiger partial charge in [-0.2, -0.15) is 0 Å². The van der Waals surface area contributed by atoms with Gasteiger partial charge in [-0.05, 0) is 103 Å². The Kier molecular flexibility index (Phi) is 50.4. The molecule has 0 aliphatic rings. The fraction of sp³-hybridized carbons (Fsp3) is 0.712. The third-order valence-corrected chi connectivity index (χ3v) is 11.4. The number of unbranched alkanes of at least 4 members (excludes halogenated alkanes) is 23. The molecule has 1 atom stereocenters. The van der Waals surface area contributed by atoms with Crippen LogP contribution in [-0.4, -0.2) is 37.2 Å². The van der Waals surface area contributed by atoms with E-state index in [4.69, 9.17) is 14.2 Å². The predicted octanol–water partition coefficient (Wildman–Crippen LogP) is 18.0. The van der Waals surface area contributed by atoms with Gasteiger partial charge in [-0.25, -0.2) is 0 Å². The highest BCUT2D eigenvalue weighted by Crippen LogP contribution is 2.14. The van der Waals surface area contributed by atoms with Crippen molar-refractivity contribution < 1.29 is 28.6 Å². The highest BCUT2D eigenvalue weighted by Gasteiger charge is 2.19. The Morgan fingerprint density at radius 1 is 0.323 bits per heavy atom. The lowest BCUT2D eigenvalue weighted by Gasteiger charge is -2.18. The van der Waals surface area contributed by atoms with Crippen LogP contribution in [0.4, 0.5) is 0 Å². The minimum Gasteiger partial charge on any atom is -0.462 e. The van der Waals surface area contributed by atoms with Crippen LogP contribution in [0, 0.1) is 0 Å². The molecule has 0 amide bonds. The van der Waals surface area contributed by atoms with E-state index in [1.807, 2.05) is 6.08 Å². The fourth-order valence-electron chi connectivity index (χ4n) is 7.30. The van der Waals surface area contributed by atoms with E-state index < -0.39 is 6.10 Å². The summed E-state index contributed by atoms with van der Waals surface area (Å²) in [4.78, 5) is 38.0. The SMILES string of the molecule is CC/C=C/C/C=C/C/C=C/C/C=C/CCCCCC(=O)OC(COC(=O)CC/C=C/C/C=C/CCCCCCCC)COC(=O)CCCCCCC/C=C/CCCCCCCCCCC. The van der Waals surface area contributed by atoms with Crippen molar-refractivity contribution in [3.63, 3.8) is 0 Å². The largest absolute Gasteiger partial charge is 0.462 e. The minimum atomic E-state index is -0.819. The molecule has 0 aliphatic carbocycles. The van der Waals surface area contributed by atoms with Gasteiger partial charge in [0.05, 0.1) is 0 Å². The van der Waals surface area contributed by atoms with Gasteiger partial charge in [0.25, 0.3) is 0 Å². The first-order valence-electron chi connectivity index (χ1n) is 27.1. The molecule has 0 saturated heterocycles. The zero-order valence-electron chi connectivity index (χ0n) is 42.5. The molecule has 0 saturated carbocycles. The highest BCUT2D eigenvalue weighted by atomic mass is 16.6. The summed E-state index contributed by atoms with van der Waals surface area (Å²) < 4.78 is 16.7. The zero-order chi connectivity index (χ0) is 47.2. The van der Waals surface area contributed by atoms with Crippen LogP contribution in [0.1, 0.15) is 252 Å². The molecular weight excluding hydrogens is 805 g/mol. The monoisotopic (exact) mass is 905 g/mol. The van der Waals surface area contributed by atoms with Gasteiger partial charge in [0.15, 0.2) is 6.10 Å². The second kappa shape index (κ2) is 53.2. The summed E-state index contributed by atoms with van der Waals surface area (Å²) in [5.74, 6) is -1.02. The normalized spacial score (nSPS) is 12.7. The Morgan fingerprint density at radius 2 is 0.631 bits per heavy atom. The van der Waals surface area contributed by atoms with E-state index in [9.17, 15) is 14.4 Å². The number of esters is 3. The molecule has 0 aromatic heterocycles. The van der Waals surface area contributed by atoms with Crippen molar-refractivity contribution in [1.82, 2.24) is 0 Å². The van der Waals surface area contributed by atoms with Crippen molar-refractivity contribution in [2.24, 2.45) is 0 Å². The molecule has 6 nitrogen and oxygen atoms in total. The van der Waals surface area contributed by atoms with Crippen molar-refractivity contribution in [1.29, 1.82) is 0 Å². The second-order valence-electron chi connectivity index (χ2n) is 17.7. The Morgan fingerprint density at radius 3 is 1.06 bits per heavy atom. The summed E-state index contributed by atoms with van der Waals surface area (Å²) in [5, 5.41) is 0. The molecule has 0 heterocycles. The lowest BCUT2D eigenvalue weighted by molar-refractivity contribution is -0.166. The first-order valence-corrected chi connectivity index (χ1v) is 27.1. The van der Waals surface area contributed by atoms with Crippen LogP contribution >= 0.6 is 0 Å². The molecule has 0 rings (SSSR count). The van der Waals surface area contributed by atoms with Gasteiger partial charge in [-0.15, -0.1) is 0 Å². The van der Waals surface area contributed by atoms with Crippen LogP contribution in [-0.2, 0) is 28.6 Å². The van der Waals surface area contributed by atoms with Crippen molar-refractivity contribution >= 4 is 17.9 Å². The third kappa shape index (κ3) is 51.4. The second-order valence-corrected chi connectivity index (χ2v) is 17.7. The first kappa shape index (κ1) is 61.6. The Balaban J connectivity index is 4.49. The van der Waals surface area contributed by atoms with Gasteiger partial charge < -0.3 is 14.2 Å².